The van der Waals surface area contributed by atoms with Crippen molar-refractivity contribution in [2.24, 2.45) is 0 Å². The highest BCUT2D eigenvalue weighted by Gasteiger charge is 2.12. The Kier molecular flexibility index (Phi) is 35.1. The maximum atomic E-state index is 9.63. The molecule has 3 nitrogen and oxygen atoms in total. The number of ether oxygens (including phenoxy) is 1. The summed E-state index contributed by atoms with van der Waals surface area (Å²) in [4.78, 5) is 0.454. The van der Waals surface area contributed by atoms with Crippen molar-refractivity contribution >= 4 is 47.8 Å². The summed E-state index contributed by atoms with van der Waals surface area (Å²) in [6.07, 6.45) is 27.9. The van der Waals surface area contributed by atoms with Gasteiger partial charge in [-0.05, 0) is 55.9 Å². The van der Waals surface area contributed by atoms with Crippen LogP contribution < -0.4 is 4.74 Å². The van der Waals surface area contributed by atoms with Crippen molar-refractivity contribution in [3.05, 3.63) is 150 Å². The SMILES string of the molecule is C/C=C/C(CCC)c1ccccc1OC.C=C/C(Br)=C\C=C\C(CCC)c1ccccc1.C=CCBr.CCCC(O)C1=CCC(Br)C=C1.CO. The first-order valence-corrected chi connectivity index (χ1v) is 20.4. The van der Waals surface area contributed by atoms with Crippen LogP contribution in [0.1, 0.15) is 95.6 Å². The van der Waals surface area contributed by atoms with Gasteiger partial charge in [-0.3, -0.25) is 0 Å². The van der Waals surface area contributed by atoms with Crippen molar-refractivity contribution in [1.29, 1.82) is 0 Å². The number of rotatable bonds is 15. The summed E-state index contributed by atoms with van der Waals surface area (Å²) in [6, 6.07) is 18.9. The maximum absolute atomic E-state index is 9.63. The van der Waals surface area contributed by atoms with Gasteiger partial charge in [0.25, 0.3) is 0 Å². The highest BCUT2D eigenvalue weighted by atomic mass is 79.9. The minimum Gasteiger partial charge on any atom is -0.496 e. The summed E-state index contributed by atoms with van der Waals surface area (Å²) < 4.78 is 6.40. The number of hydrogen-bond donors (Lipinski definition) is 2. The van der Waals surface area contributed by atoms with Crippen LogP contribution in [0.4, 0.5) is 0 Å². The topological polar surface area (TPSA) is 49.7 Å². The van der Waals surface area contributed by atoms with E-state index in [4.69, 9.17) is 9.84 Å². The Bertz CT molecular complexity index is 1260. The summed E-state index contributed by atoms with van der Waals surface area (Å²) in [7, 11) is 2.73. The smallest absolute Gasteiger partial charge is 0.122 e. The lowest BCUT2D eigenvalue weighted by molar-refractivity contribution is 0.202. The Morgan fingerprint density at radius 2 is 1.50 bits per heavy atom. The molecule has 0 amide bonds. The number of halogens is 3. The standard InChI is InChI=1S/C16H19Br.C14H20O.C10H15BrO.C3H5Br.CH4O/c1-3-9-14(12-8-13-16(17)4-2)15-10-6-5-7-11-15;1-4-8-12(9-5-2)13-10-6-7-11-14(13)15-3;1-2-3-10(12)8-4-6-9(11)7-5-8;1-2-3-4;1-2/h4-8,10-14H,2-3,9H2,1H3;4,6-8,10-12H,5,9H2,1-3H3;4-6,9-10,12H,2-3,7H2,1H3;2H,1,3H2;2H,1H3/b12-8+,16-13+;8-4+;;;. The lowest BCUT2D eigenvalue weighted by Gasteiger charge is -2.15. The minimum absolute atomic E-state index is 0.258. The lowest BCUT2D eigenvalue weighted by Crippen LogP contribution is -2.11. The van der Waals surface area contributed by atoms with Gasteiger partial charge in [-0.1, -0.05) is 198 Å². The van der Waals surface area contributed by atoms with E-state index in [1.807, 2.05) is 24.3 Å². The average Bonchev–Trinajstić information content (AvgIpc) is 3.16. The van der Waals surface area contributed by atoms with E-state index in [0.29, 0.717) is 16.7 Å². The van der Waals surface area contributed by atoms with E-state index in [1.165, 1.54) is 36.8 Å². The van der Waals surface area contributed by atoms with E-state index < -0.39 is 0 Å². The molecular weight excluding hydrogens is 816 g/mol. The number of para-hydroxylation sites is 1. The normalized spacial score (nSPS) is 15.3. The molecule has 278 valence electrons. The molecule has 1 aliphatic carbocycles. The van der Waals surface area contributed by atoms with Gasteiger partial charge in [0.1, 0.15) is 5.75 Å². The molecule has 0 fully saturated rings. The fourth-order valence-electron chi connectivity index (χ4n) is 4.90. The van der Waals surface area contributed by atoms with E-state index in [0.717, 1.165) is 47.5 Å². The zero-order chi connectivity index (χ0) is 38.0. The average molecular weight is 880 g/mol. The van der Waals surface area contributed by atoms with Gasteiger partial charge in [0.2, 0.25) is 0 Å². The molecule has 0 spiro atoms. The predicted molar refractivity (Wildman–Crippen MR) is 233 cm³/mol. The molecule has 3 rings (SSSR count). The van der Waals surface area contributed by atoms with Crippen LogP contribution >= 0.6 is 47.8 Å². The monoisotopic (exact) mass is 876 g/mol. The van der Waals surface area contributed by atoms with Crippen LogP contribution in [0.3, 0.4) is 0 Å². The molecule has 50 heavy (non-hydrogen) atoms. The molecule has 2 aromatic rings. The molecule has 1 aliphatic rings. The fraction of sp³-hybridized carbons (Fsp3) is 0.409. The number of allylic oxidation sites excluding steroid dienone is 10. The van der Waals surface area contributed by atoms with Crippen molar-refractivity contribution in [2.75, 3.05) is 19.5 Å². The predicted octanol–water partition coefficient (Wildman–Crippen LogP) is 13.7. The molecule has 0 saturated heterocycles. The van der Waals surface area contributed by atoms with Crippen LogP contribution in [-0.4, -0.2) is 40.7 Å². The van der Waals surface area contributed by atoms with Crippen molar-refractivity contribution in [2.45, 2.75) is 95.4 Å². The molecule has 0 bridgehead atoms. The van der Waals surface area contributed by atoms with Crippen LogP contribution in [0.25, 0.3) is 0 Å². The third-order valence-corrected chi connectivity index (χ3v) is 9.04. The largest absolute Gasteiger partial charge is 0.496 e. The zero-order valence-electron chi connectivity index (χ0n) is 31.3. The number of alkyl halides is 2. The molecule has 2 N–H and O–H groups in total. The van der Waals surface area contributed by atoms with Crippen LogP contribution in [0.2, 0.25) is 0 Å². The quantitative estimate of drug-likeness (QED) is 0.106. The molecule has 6 heteroatoms. The van der Waals surface area contributed by atoms with Crippen molar-refractivity contribution < 1.29 is 14.9 Å². The summed E-state index contributed by atoms with van der Waals surface area (Å²) in [5, 5.41) is 17.5. The second-order valence-corrected chi connectivity index (χ2v) is 13.9. The van der Waals surface area contributed by atoms with Gasteiger partial charge < -0.3 is 14.9 Å². The molecule has 0 saturated carbocycles. The number of aliphatic hydroxyl groups excluding tert-OH is 2. The second-order valence-electron chi connectivity index (χ2n) is 11.2. The van der Waals surface area contributed by atoms with E-state index in [2.05, 4.69) is 168 Å². The van der Waals surface area contributed by atoms with Gasteiger partial charge in [0, 0.05) is 39.1 Å². The molecule has 4 atom stereocenters. The van der Waals surface area contributed by atoms with E-state index in [-0.39, 0.29) is 6.10 Å². The number of benzene rings is 2. The van der Waals surface area contributed by atoms with Gasteiger partial charge in [0.05, 0.1) is 13.2 Å². The van der Waals surface area contributed by atoms with Gasteiger partial charge in [-0.25, -0.2) is 0 Å². The first-order chi connectivity index (χ1) is 24.3. The summed E-state index contributed by atoms with van der Waals surface area (Å²) in [6.45, 7) is 15.7. The number of aliphatic hydroxyl groups is 2. The van der Waals surface area contributed by atoms with Crippen LogP contribution in [-0.2, 0) is 0 Å². The van der Waals surface area contributed by atoms with E-state index in [9.17, 15) is 5.11 Å². The fourth-order valence-corrected chi connectivity index (χ4v) is 5.40. The first-order valence-electron chi connectivity index (χ1n) is 17.5. The molecule has 0 radical (unpaired) electrons. The Morgan fingerprint density at radius 3 is 2.00 bits per heavy atom. The van der Waals surface area contributed by atoms with E-state index >= 15 is 0 Å². The highest BCUT2D eigenvalue weighted by Crippen LogP contribution is 2.30. The Hall–Kier alpha value is -2.22. The molecule has 0 heterocycles. The molecule has 4 unspecified atom stereocenters. The first kappa shape index (κ1) is 49.9. The Labute approximate surface area is 331 Å². The summed E-state index contributed by atoms with van der Waals surface area (Å²) in [5.41, 5.74) is 3.75. The van der Waals surface area contributed by atoms with Gasteiger partial charge in [0.15, 0.2) is 0 Å². The van der Waals surface area contributed by atoms with Crippen LogP contribution in [0.15, 0.2) is 139 Å². The van der Waals surface area contributed by atoms with Crippen LogP contribution in [0.5, 0.6) is 5.75 Å². The molecule has 0 aliphatic heterocycles. The van der Waals surface area contributed by atoms with Crippen molar-refractivity contribution in [1.82, 2.24) is 0 Å². The van der Waals surface area contributed by atoms with Gasteiger partial charge >= 0.3 is 0 Å². The Balaban J connectivity index is 0. The molecule has 2 aromatic carbocycles. The number of methoxy groups -OCH3 is 1. The van der Waals surface area contributed by atoms with Crippen molar-refractivity contribution in [3.63, 3.8) is 0 Å². The van der Waals surface area contributed by atoms with E-state index in [1.54, 1.807) is 19.3 Å². The minimum atomic E-state index is -0.258. The third kappa shape index (κ3) is 24.1. The maximum Gasteiger partial charge on any atom is 0.122 e. The Morgan fingerprint density at radius 1 is 0.920 bits per heavy atom. The van der Waals surface area contributed by atoms with Gasteiger partial charge in [-0.2, -0.15) is 0 Å². The second kappa shape index (κ2) is 35.2. The summed E-state index contributed by atoms with van der Waals surface area (Å²) in [5.74, 6) is 1.98. The lowest BCUT2D eigenvalue weighted by atomic mass is 9.93. The molecule has 0 aromatic heterocycles. The highest BCUT2D eigenvalue weighted by molar-refractivity contribution is 9.12. The summed E-state index contributed by atoms with van der Waals surface area (Å²) >= 11 is 10.0. The van der Waals surface area contributed by atoms with Crippen LogP contribution in [0, 0.1) is 0 Å². The third-order valence-electron chi connectivity index (χ3n) is 7.32. The van der Waals surface area contributed by atoms with Gasteiger partial charge in [-0.15, -0.1) is 6.58 Å². The van der Waals surface area contributed by atoms with Crippen molar-refractivity contribution in [3.8, 4) is 5.75 Å². The number of hydrogen-bond acceptors (Lipinski definition) is 3. The zero-order valence-corrected chi connectivity index (χ0v) is 36.0. The molecular formula is C44H63Br3O3.